The Kier molecular flexibility index (Phi) is 29.6. The lowest BCUT2D eigenvalue weighted by Gasteiger charge is -2.54. The van der Waals surface area contributed by atoms with Crippen molar-refractivity contribution in [3.63, 3.8) is 0 Å². The van der Waals surface area contributed by atoms with E-state index in [1.165, 1.54) is 78.0 Å². The van der Waals surface area contributed by atoms with Crippen LogP contribution in [0.4, 0.5) is 35.1 Å². The molecule has 107 heavy (non-hydrogen) atoms. The van der Waals surface area contributed by atoms with E-state index in [9.17, 15) is 55.1 Å². The zero-order valence-electron chi connectivity index (χ0n) is 64.8. The minimum absolute atomic E-state index is 0.00744. The number of carbonyl (C=O) groups is 12. The third-order valence-electron chi connectivity index (χ3n) is 24.1. The van der Waals surface area contributed by atoms with Gasteiger partial charge in [-0.05, 0) is 139 Å². The molecular weight excluding hydrogens is 1420 g/mol. The van der Waals surface area contributed by atoms with Crippen molar-refractivity contribution >= 4 is 70.9 Å². The van der Waals surface area contributed by atoms with Crippen LogP contribution in [0, 0.1) is 40.9 Å². The van der Waals surface area contributed by atoms with E-state index in [2.05, 4.69) is 16.0 Å². The van der Waals surface area contributed by atoms with E-state index in [-0.39, 0.29) is 83.9 Å². The van der Waals surface area contributed by atoms with Gasteiger partial charge < -0.3 is 64.8 Å². The zero-order chi connectivity index (χ0) is 79.9. The molecule has 4 saturated carbocycles. The predicted molar refractivity (Wildman–Crippen MR) is 377 cm³/mol. The molecule has 2 bridgehead atoms. The van der Waals surface area contributed by atoms with E-state index in [0.29, 0.717) is 51.4 Å². The molecule has 12 atom stereocenters. The van der Waals surface area contributed by atoms with Crippen LogP contribution in [-0.4, -0.2) is 289 Å². The fraction of sp³-hybridized carbons (Fsp3) is 0.838. The largest absolute Gasteiger partial charge is 0.397 e. The van der Waals surface area contributed by atoms with Crippen LogP contribution < -0.4 is 16.0 Å². The van der Waals surface area contributed by atoms with Crippen LogP contribution in [0.5, 0.6) is 0 Å². The average molecular weight is 1530 g/mol. The Hall–Kier alpha value is -6.96. The second-order valence-electron chi connectivity index (χ2n) is 32.7. The van der Waals surface area contributed by atoms with E-state index < -0.39 is 235 Å². The van der Waals surface area contributed by atoms with E-state index >= 15 is 37.5 Å². The van der Waals surface area contributed by atoms with Gasteiger partial charge in [-0.1, -0.05) is 59.8 Å². The molecule has 0 radical (unpaired) electrons. The van der Waals surface area contributed by atoms with Gasteiger partial charge in [0, 0.05) is 82.5 Å². The number of rotatable bonds is 11. The van der Waals surface area contributed by atoms with E-state index in [1.807, 2.05) is 13.8 Å². The van der Waals surface area contributed by atoms with Crippen LogP contribution >= 0.6 is 0 Å². The van der Waals surface area contributed by atoms with Gasteiger partial charge >= 0.3 is 12.4 Å². The summed E-state index contributed by atoms with van der Waals surface area (Å²) in [7, 11) is 10.8. The van der Waals surface area contributed by atoms with Crippen molar-refractivity contribution in [2.75, 3.05) is 89.2 Å². The summed E-state index contributed by atoms with van der Waals surface area (Å²) in [6, 6.07) is -11.3. The molecule has 1 spiro atoms. The Morgan fingerprint density at radius 3 is 1.79 bits per heavy atom. The monoisotopic (exact) mass is 1530 g/mol. The molecular formula is C74H116F8N12O13. The molecule has 0 aromatic carbocycles. The lowest BCUT2D eigenvalue weighted by atomic mass is 9.58. The van der Waals surface area contributed by atoms with E-state index in [1.54, 1.807) is 20.8 Å². The highest BCUT2D eigenvalue weighted by Crippen LogP contribution is 2.50. The van der Waals surface area contributed by atoms with Crippen molar-refractivity contribution in [3.05, 3.63) is 0 Å². The molecule has 2 unspecified atom stereocenters. The summed E-state index contributed by atoms with van der Waals surface area (Å²) < 4.78 is 121. The molecule has 3 N–H and O–H groups in total. The third-order valence-corrected chi connectivity index (χ3v) is 24.1. The van der Waals surface area contributed by atoms with Crippen LogP contribution in [0.3, 0.4) is 0 Å². The topological polar surface area (TPSA) is 279 Å². The van der Waals surface area contributed by atoms with Gasteiger partial charge in [-0.15, -0.1) is 0 Å². The highest BCUT2D eigenvalue weighted by molar-refractivity contribution is 6.01. The predicted octanol–water partition coefficient (Wildman–Crippen LogP) is 6.18. The van der Waals surface area contributed by atoms with Crippen LogP contribution in [0.2, 0.25) is 0 Å². The van der Waals surface area contributed by atoms with Crippen LogP contribution in [0.1, 0.15) is 183 Å². The summed E-state index contributed by atoms with van der Waals surface area (Å²) in [4.78, 5) is 191. The summed E-state index contributed by atoms with van der Waals surface area (Å²) >= 11 is 0. The molecule has 7 fully saturated rings. The van der Waals surface area contributed by atoms with Gasteiger partial charge in [-0.2, -0.15) is 26.3 Å². The number of likely N-dealkylation sites (N-methyl/N-ethyl adjacent to an activating group) is 7. The quantitative estimate of drug-likeness (QED) is 0.195. The molecule has 606 valence electrons. The van der Waals surface area contributed by atoms with Gasteiger partial charge in [-0.25, -0.2) is 8.78 Å². The Balaban J connectivity index is 1.32. The average Bonchev–Trinajstić information content (AvgIpc) is 1.07. The highest BCUT2D eigenvalue weighted by atomic mass is 19.4. The fourth-order valence-electron chi connectivity index (χ4n) is 17.6. The van der Waals surface area contributed by atoms with Crippen molar-refractivity contribution in [3.8, 4) is 0 Å². The van der Waals surface area contributed by atoms with Gasteiger partial charge in [0.05, 0.1) is 31.5 Å². The van der Waals surface area contributed by atoms with Gasteiger partial charge in [0.25, 0.3) is 0 Å². The zero-order valence-corrected chi connectivity index (χ0v) is 64.8. The normalized spacial score (nSPS) is 32.5. The summed E-state index contributed by atoms with van der Waals surface area (Å²) in [5, 5.41) is 8.37. The first-order valence-electron chi connectivity index (χ1n) is 38.2. The molecule has 25 nitrogen and oxygen atoms in total. The third kappa shape index (κ3) is 20.9. The number of fused-ring (bicyclic) bond motifs is 3. The van der Waals surface area contributed by atoms with Gasteiger partial charge in [0.2, 0.25) is 70.9 Å². The lowest BCUT2D eigenvalue weighted by Crippen LogP contribution is -2.71. The molecule has 3 saturated heterocycles. The van der Waals surface area contributed by atoms with Gasteiger partial charge in [0.15, 0.2) is 0 Å². The molecule has 12 amide bonds. The minimum Gasteiger partial charge on any atom is -0.377 e. The fourth-order valence-corrected chi connectivity index (χ4v) is 17.6. The van der Waals surface area contributed by atoms with Crippen molar-refractivity contribution in [1.29, 1.82) is 0 Å². The van der Waals surface area contributed by atoms with Crippen LogP contribution in [-0.2, 0) is 62.3 Å². The molecule has 4 aliphatic carbocycles. The smallest absolute Gasteiger partial charge is 0.377 e. The Morgan fingerprint density at radius 1 is 0.626 bits per heavy atom. The number of nitrogens with zero attached hydrogens (tertiary/aromatic N) is 9. The second-order valence-corrected chi connectivity index (χ2v) is 32.7. The first kappa shape index (κ1) is 87.3. The van der Waals surface area contributed by atoms with Crippen molar-refractivity contribution in [2.24, 2.45) is 40.9 Å². The van der Waals surface area contributed by atoms with E-state index in [0.717, 1.165) is 29.4 Å². The number of halogens is 8. The van der Waals surface area contributed by atoms with E-state index in [4.69, 9.17) is 4.74 Å². The second kappa shape index (κ2) is 36.3. The maximum atomic E-state index is 15.7. The number of amides is 12. The molecule has 3 aliphatic heterocycles. The lowest BCUT2D eigenvalue weighted by molar-refractivity contribution is -0.219. The number of carbonyl (C=O) groups excluding carboxylic acids is 12. The number of hydrogen-bond donors (Lipinski definition) is 3. The van der Waals surface area contributed by atoms with Gasteiger partial charge in [-0.3, -0.25) is 57.5 Å². The molecule has 7 aliphatic rings. The highest BCUT2D eigenvalue weighted by Gasteiger charge is 2.60. The molecule has 0 aromatic heterocycles. The molecule has 0 aromatic rings. The SMILES string of the molecule is CCO[C@@H]1C[C@H]2C(=O)NC3(CC(C)(C)C3)C(=O)N(C)[C@@H](C3CCCC3)C(=O)N(C)[C@H](C(=O)N(C)C)CC(=O)N(C)[C@@H](C)C(=O)N[C@@H]([C@@H](C)CC)C(=O)N(C)CC(=O)N(C)[C@H]3CCCCCN(C3=O)[C@@H](CC3CCC(C(F)(F)F)CC3)C(=O)N(C)CC(=O)N[C@@H](CCC3CC(F)C(C(F)(F)F)C(F)C3)C(=O)N2C1. The standard InChI is InChI=1S/C74H116F8N12O13/c1-15-42(3)60-68(104)88(10)39-58(97)90(12)52-24-18-17-21-31-93(67(52)103)55(34-44-25-28-47(29-26-44)73(77,78)79)66(102)87(9)38-56(95)83-51(30-27-45-32-49(75)59(50(76)33-45)74(80,81)82)64(100)94-37-48(107-16-2)35-53(94)63(99)85-72(40-71(5,6)41-72)70(106)92(14)61(46-22-19-20-23-46)69(105)91(13)54(65(101)86(7)8)36-57(96)89(11)43(4)62(98)84-60/h42-55,59-61H,15-41H2,1-14H3,(H,83,95)(H,84,98)(H,85,99)/t42-,43-,44?,45?,47?,48+,49?,50?,51-,52-,53-,54-,55-,59?,60-,61-/m0/s1. The van der Waals surface area contributed by atoms with Crippen molar-refractivity contribution in [1.82, 2.24) is 60.0 Å². The number of hydrogen-bond acceptors (Lipinski definition) is 13. The number of ether oxygens (including phenoxy) is 1. The summed E-state index contributed by atoms with van der Waals surface area (Å²) in [5.74, 6) is -16.8. The maximum absolute atomic E-state index is 15.7. The molecule has 33 heteroatoms. The Bertz CT molecular complexity index is 3190. The molecule has 3 heterocycles. The van der Waals surface area contributed by atoms with Gasteiger partial charge in [0.1, 0.15) is 72.1 Å². The Morgan fingerprint density at radius 2 is 1.22 bits per heavy atom. The summed E-state index contributed by atoms with van der Waals surface area (Å²) in [5.41, 5.74) is -2.36. The Labute approximate surface area is 623 Å². The number of nitrogens with one attached hydrogen (secondary N) is 3. The minimum atomic E-state index is -5.22. The van der Waals surface area contributed by atoms with Crippen LogP contribution in [0.25, 0.3) is 0 Å². The van der Waals surface area contributed by atoms with Crippen molar-refractivity contribution < 1.29 is 97.4 Å². The summed E-state index contributed by atoms with van der Waals surface area (Å²) in [6.45, 7) is 8.45. The maximum Gasteiger partial charge on any atom is 0.397 e. The van der Waals surface area contributed by atoms with Crippen molar-refractivity contribution in [2.45, 2.75) is 267 Å². The summed E-state index contributed by atoms with van der Waals surface area (Å²) in [6.07, 6.45) is -15.8. The van der Waals surface area contributed by atoms with Crippen LogP contribution in [0.15, 0.2) is 0 Å². The molecule has 7 rings (SSSR count). The number of alkyl halides is 8. The first-order valence-corrected chi connectivity index (χ1v) is 38.2. The first-order chi connectivity index (χ1) is 49.9.